The highest BCUT2D eigenvalue weighted by Crippen LogP contribution is 2.11. The van der Waals surface area contributed by atoms with Gasteiger partial charge in [-0.15, -0.1) is 0 Å². The minimum Gasteiger partial charge on any atom is -0.384 e. The van der Waals surface area contributed by atoms with Crippen molar-refractivity contribution >= 4 is 27.6 Å². The lowest BCUT2D eigenvalue weighted by Crippen LogP contribution is -1.88. The van der Waals surface area contributed by atoms with E-state index in [1.807, 2.05) is 66.9 Å². The molecule has 4 aromatic rings. The molecule has 2 heterocycles. The van der Waals surface area contributed by atoms with Gasteiger partial charge in [0.05, 0.1) is 11.0 Å². The van der Waals surface area contributed by atoms with Crippen LogP contribution < -0.4 is 5.73 Å². The molecule has 0 unspecified atom stereocenters. The smallest absolute Gasteiger partial charge is 0.124 e. The fourth-order valence-electron chi connectivity index (χ4n) is 2.10. The van der Waals surface area contributed by atoms with E-state index in [1.54, 1.807) is 0 Å². The van der Waals surface area contributed by atoms with Gasteiger partial charge < -0.3 is 5.73 Å². The van der Waals surface area contributed by atoms with Crippen molar-refractivity contribution in [3.63, 3.8) is 0 Å². The highest BCUT2D eigenvalue weighted by Gasteiger charge is 1.91. The molecule has 0 saturated heterocycles. The lowest BCUT2D eigenvalue weighted by Gasteiger charge is -1.95. The van der Waals surface area contributed by atoms with E-state index in [0.29, 0.717) is 5.82 Å². The number of hydrogen-bond acceptors (Lipinski definition) is 3. The van der Waals surface area contributed by atoms with Crippen LogP contribution in [0.25, 0.3) is 21.8 Å². The maximum Gasteiger partial charge on any atom is 0.124 e. The van der Waals surface area contributed by atoms with Crippen LogP contribution in [0.2, 0.25) is 0 Å². The van der Waals surface area contributed by atoms with Crippen LogP contribution in [0.5, 0.6) is 0 Å². The molecule has 21 heavy (non-hydrogen) atoms. The maximum absolute atomic E-state index is 5.51. The van der Waals surface area contributed by atoms with Gasteiger partial charge in [0.1, 0.15) is 5.82 Å². The maximum atomic E-state index is 5.51. The first-order valence-corrected chi connectivity index (χ1v) is 6.74. The highest BCUT2D eigenvalue weighted by atomic mass is 14.8. The van der Waals surface area contributed by atoms with Gasteiger partial charge in [-0.25, -0.2) is 4.98 Å². The van der Waals surface area contributed by atoms with Gasteiger partial charge >= 0.3 is 0 Å². The minimum atomic E-state index is 0.573. The zero-order chi connectivity index (χ0) is 14.5. The molecule has 3 nitrogen and oxygen atoms in total. The summed E-state index contributed by atoms with van der Waals surface area (Å²) in [7, 11) is 0. The Hall–Kier alpha value is -2.94. The molecule has 3 heteroatoms. The molecule has 0 fully saturated rings. The third-order valence-electron chi connectivity index (χ3n) is 3.13. The summed E-state index contributed by atoms with van der Waals surface area (Å²) < 4.78 is 0. The summed E-state index contributed by atoms with van der Waals surface area (Å²) in [5, 5.41) is 2.33. The Morgan fingerprint density at radius 2 is 1.24 bits per heavy atom. The second-order valence-corrected chi connectivity index (χ2v) is 4.62. The molecule has 0 radical (unpaired) electrons. The summed E-state index contributed by atoms with van der Waals surface area (Å²) in [4.78, 5) is 8.33. The quantitative estimate of drug-likeness (QED) is 0.526. The molecule has 2 aromatic carbocycles. The van der Waals surface area contributed by atoms with Crippen molar-refractivity contribution in [1.29, 1.82) is 0 Å². The van der Waals surface area contributed by atoms with Gasteiger partial charge in [-0.3, -0.25) is 4.98 Å². The van der Waals surface area contributed by atoms with Gasteiger partial charge in [-0.1, -0.05) is 42.5 Å². The van der Waals surface area contributed by atoms with E-state index in [9.17, 15) is 0 Å². The molecule has 102 valence electrons. The molecule has 0 saturated carbocycles. The first kappa shape index (κ1) is 13.1. The number of para-hydroxylation sites is 2. The molecule has 0 aliphatic heterocycles. The van der Waals surface area contributed by atoms with Crippen LogP contribution in [0.15, 0.2) is 79.0 Å². The number of nitrogens with two attached hydrogens (primary N) is 1. The molecule has 0 atom stereocenters. The molecule has 0 spiro atoms. The van der Waals surface area contributed by atoms with Gasteiger partial charge in [0, 0.05) is 17.0 Å². The second kappa shape index (κ2) is 6.01. The van der Waals surface area contributed by atoms with Crippen molar-refractivity contribution in [3.05, 3.63) is 79.0 Å². The van der Waals surface area contributed by atoms with E-state index in [1.165, 1.54) is 5.39 Å². The Morgan fingerprint density at radius 1 is 0.619 bits per heavy atom. The van der Waals surface area contributed by atoms with Crippen molar-refractivity contribution in [1.82, 2.24) is 9.97 Å². The van der Waals surface area contributed by atoms with E-state index in [2.05, 4.69) is 22.1 Å². The number of nitrogen functional groups attached to an aromatic ring is 1. The number of nitrogens with zero attached hydrogens (tertiary/aromatic N) is 2. The predicted molar refractivity (Wildman–Crippen MR) is 87.9 cm³/mol. The topological polar surface area (TPSA) is 51.8 Å². The summed E-state index contributed by atoms with van der Waals surface area (Å²) >= 11 is 0. The van der Waals surface area contributed by atoms with Crippen molar-refractivity contribution < 1.29 is 0 Å². The Kier molecular flexibility index (Phi) is 3.74. The average Bonchev–Trinajstić information content (AvgIpc) is 2.55. The van der Waals surface area contributed by atoms with Crippen LogP contribution in [0.4, 0.5) is 5.82 Å². The average molecular weight is 273 g/mol. The summed E-state index contributed by atoms with van der Waals surface area (Å²) in [6.07, 6.45) is 1.81. The number of hydrogen-bond donors (Lipinski definition) is 1. The number of rotatable bonds is 0. The Morgan fingerprint density at radius 3 is 2.00 bits per heavy atom. The molecule has 0 bridgehead atoms. The van der Waals surface area contributed by atoms with Crippen LogP contribution in [-0.2, 0) is 0 Å². The fourth-order valence-corrected chi connectivity index (χ4v) is 2.10. The van der Waals surface area contributed by atoms with Crippen molar-refractivity contribution in [2.75, 3.05) is 5.73 Å². The van der Waals surface area contributed by atoms with Crippen LogP contribution in [0, 0.1) is 0 Å². The zero-order valence-corrected chi connectivity index (χ0v) is 11.5. The standard InChI is InChI=1S/C9H8N2.C9H7N/c10-9-6-5-7-3-1-2-4-8(7)11-9;1-2-6-9-8(4-1)5-3-7-10-9/h1-6H,(H2,10,11);1-7H. The van der Waals surface area contributed by atoms with Gasteiger partial charge in [0.25, 0.3) is 0 Å². The third-order valence-corrected chi connectivity index (χ3v) is 3.13. The second-order valence-electron chi connectivity index (χ2n) is 4.62. The summed E-state index contributed by atoms with van der Waals surface area (Å²) in [6.45, 7) is 0. The van der Waals surface area contributed by atoms with Crippen LogP contribution >= 0.6 is 0 Å². The zero-order valence-electron chi connectivity index (χ0n) is 11.5. The first-order valence-electron chi connectivity index (χ1n) is 6.74. The predicted octanol–water partition coefficient (Wildman–Crippen LogP) is 4.05. The van der Waals surface area contributed by atoms with Crippen LogP contribution in [0.3, 0.4) is 0 Å². The van der Waals surface area contributed by atoms with Gasteiger partial charge in [0.15, 0.2) is 0 Å². The minimum absolute atomic E-state index is 0.573. The molecule has 2 N–H and O–H groups in total. The molecule has 4 rings (SSSR count). The lowest BCUT2D eigenvalue weighted by atomic mass is 10.2. The Labute approximate surface area is 123 Å². The van der Waals surface area contributed by atoms with Crippen molar-refractivity contribution in [3.8, 4) is 0 Å². The SMILES string of the molecule is Nc1ccc2ccccc2n1.c1ccc2ncccc2c1. The number of pyridine rings is 2. The number of benzene rings is 2. The normalized spacial score (nSPS) is 10.1. The molecule has 2 aromatic heterocycles. The molecule has 0 aliphatic rings. The molecular weight excluding hydrogens is 258 g/mol. The summed E-state index contributed by atoms with van der Waals surface area (Å²) in [6, 6.07) is 23.8. The molecular formula is C18H15N3. The number of fused-ring (bicyclic) bond motifs is 2. The van der Waals surface area contributed by atoms with Crippen molar-refractivity contribution in [2.24, 2.45) is 0 Å². The number of anilines is 1. The van der Waals surface area contributed by atoms with E-state index < -0.39 is 0 Å². The van der Waals surface area contributed by atoms with Gasteiger partial charge in [-0.05, 0) is 30.3 Å². The number of aromatic nitrogens is 2. The van der Waals surface area contributed by atoms with E-state index >= 15 is 0 Å². The Bertz CT molecular complexity index is 806. The van der Waals surface area contributed by atoms with Crippen LogP contribution in [0.1, 0.15) is 0 Å². The van der Waals surface area contributed by atoms with Crippen LogP contribution in [-0.4, -0.2) is 9.97 Å². The van der Waals surface area contributed by atoms with Gasteiger partial charge in [0.2, 0.25) is 0 Å². The summed E-state index contributed by atoms with van der Waals surface area (Å²) in [5.41, 5.74) is 7.52. The van der Waals surface area contributed by atoms with Gasteiger partial charge in [-0.2, -0.15) is 0 Å². The van der Waals surface area contributed by atoms with Crippen molar-refractivity contribution in [2.45, 2.75) is 0 Å². The van der Waals surface area contributed by atoms with E-state index in [0.717, 1.165) is 16.4 Å². The molecule has 0 aliphatic carbocycles. The third kappa shape index (κ3) is 3.15. The first-order chi connectivity index (χ1) is 10.3. The Balaban J connectivity index is 0.000000126. The van der Waals surface area contributed by atoms with E-state index in [-0.39, 0.29) is 0 Å². The monoisotopic (exact) mass is 273 g/mol. The van der Waals surface area contributed by atoms with E-state index in [4.69, 9.17) is 5.73 Å². The summed E-state index contributed by atoms with van der Waals surface area (Å²) in [5.74, 6) is 0.573. The largest absolute Gasteiger partial charge is 0.384 e. The fraction of sp³-hybridized carbons (Fsp3) is 0. The lowest BCUT2D eigenvalue weighted by molar-refractivity contribution is 1.41. The highest BCUT2D eigenvalue weighted by molar-refractivity contribution is 5.79. The molecule has 0 amide bonds.